The van der Waals surface area contributed by atoms with Crippen LogP contribution in [0.5, 0.6) is 0 Å². The molecule has 6 heteroatoms. The summed E-state index contributed by atoms with van der Waals surface area (Å²) in [5.41, 5.74) is 3.21. The molecule has 1 atom stereocenters. The van der Waals surface area contributed by atoms with Gasteiger partial charge in [0.25, 0.3) is 0 Å². The van der Waals surface area contributed by atoms with Gasteiger partial charge in [0.2, 0.25) is 0 Å². The summed E-state index contributed by atoms with van der Waals surface area (Å²) < 4.78 is 0. The first-order valence-corrected chi connectivity index (χ1v) is 8.72. The van der Waals surface area contributed by atoms with Crippen LogP contribution in [0.1, 0.15) is 29.8 Å². The van der Waals surface area contributed by atoms with Gasteiger partial charge in [0.15, 0.2) is 0 Å². The summed E-state index contributed by atoms with van der Waals surface area (Å²) in [4.78, 5) is 25.1. The molecule has 1 N–H and O–H groups in total. The summed E-state index contributed by atoms with van der Waals surface area (Å²) >= 11 is 0. The minimum absolute atomic E-state index is 0.00532. The fourth-order valence-corrected chi connectivity index (χ4v) is 3.04. The van der Waals surface area contributed by atoms with Crippen molar-refractivity contribution in [3.05, 3.63) is 59.7 Å². The second-order valence-corrected chi connectivity index (χ2v) is 6.45. The number of amides is 2. The number of nitrogens with zero attached hydrogens (tertiary/aromatic N) is 4. The fourth-order valence-electron chi connectivity index (χ4n) is 3.04. The van der Waals surface area contributed by atoms with E-state index in [1.807, 2.05) is 42.4 Å². The minimum Gasteiger partial charge on any atom is -0.334 e. The number of carbonyl (C=O) groups excluding carboxylic acids is 1. The van der Waals surface area contributed by atoms with E-state index >= 15 is 0 Å². The first-order valence-electron chi connectivity index (χ1n) is 8.72. The number of carbonyl (C=O) groups is 1. The molecule has 2 aromatic heterocycles. The smallest absolute Gasteiger partial charge is 0.317 e. The Hall–Kier alpha value is -2.47. The topological polar surface area (TPSA) is 61.4 Å². The number of aromatic nitrogens is 2. The second kappa shape index (κ2) is 8.07. The van der Waals surface area contributed by atoms with Gasteiger partial charge in [-0.3, -0.25) is 14.9 Å². The van der Waals surface area contributed by atoms with E-state index in [2.05, 4.69) is 33.2 Å². The van der Waals surface area contributed by atoms with Gasteiger partial charge in [-0.15, -0.1) is 0 Å². The molecule has 3 heterocycles. The molecule has 0 bridgehead atoms. The average Bonchev–Trinajstić information content (AvgIpc) is 2.67. The highest BCUT2D eigenvalue weighted by Gasteiger charge is 2.24. The van der Waals surface area contributed by atoms with Gasteiger partial charge in [-0.25, -0.2) is 4.79 Å². The predicted octanol–water partition coefficient (Wildman–Crippen LogP) is 2.37. The van der Waals surface area contributed by atoms with Crippen molar-refractivity contribution in [2.45, 2.75) is 26.4 Å². The van der Waals surface area contributed by atoms with Crippen LogP contribution in [0, 0.1) is 6.92 Å². The summed E-state index contributed by atoms with van der Waals surface area (Å²) in [7, 11) is 0. The Morgan fingerprint density at radius 3 is 2.64 bits per heavy atom. The maximum Gasteiger partial charge on any atom is 0.317 e. The van der Waals surface area contributed by atoms with E-state index in [4.69, 9.17) is 0 Å². The van der Waals surface area contributed by atoms with Crippen LogP contribution in [0.25, 0.3) is 0 Å². The lowest BCUT2D eigenvalue weighted by Crippen LogP contribution is -2.52. The van der Waals surface area contributed by atoms with Crippen LogP contribution in [0.2, 0.25) is 0 Å². The van der Waals surface area contributed by atoms with Gasteiger partial charge in [0, 0.05) is 63.1 Å². The summed E-state index contributed by atoms with van der Waals surface area (Å²) in [5.74, 6) is 0. The molecule has 6 nitrogen and oxygen atoms in total. The number of rotatable bonds is 4. The van der Waals surface area contributed by atoms with Crippen molar-refractivity contribution in [3.63, 3.8) is 0 Å². The highest BCUT2D eigenvalue weighted by atomic mass is 16.2. The molecule has 1 fully saturated rings. The Morgan fingerprint density at radius 1 is 1.20 bits per heavy atom. The first-order chi connectivity index (χ1) is 12.1. The molecule has 0 aliphatic carbocycles. The van der Waals surface area contributed by atoms with Crippen molar-refractivity contribution >= 4 is 6.03 Å². The van der Waals surface area contributed by atoms with Gasteiger partial charge in [-0.2, -0.15) is 0 Å². The molecule has 2 amide bonds. The van der Waals surface area contributed by atoms with E-state index in [0.29, 0.717) is 12.6 Å². The molecule has 1 aliphatic rings. The van der Waals surface area contributed by atoms with Gasteiger partial charge < -0.3 is 10.2 Å². The third kappa shape index (κ3) is 4.54. The van der Waals surface area contributed by atoms with Gasteiger partial charge in [-0.05, 0) is 37.1 Å². The summed E-state index contributed by atoms with van der Waals surface area (Å²) in [5, 5.41) is 2.98. The van der Waals surface area contributed by atoms with Crippen LogP contribution in [0.3, 0.4) is 0 Å². The summed E-state index contributed by atoms with van der Waals surface area (Å²) in [6.45, 7) is 7.88. The SMILES string of the molecule is Cc1ccc(CNC(=O)N2CCN([C@@H](C)c3cccnc3)CC2)cn1. The van der Waals surface area contributed by atoms with E-state index in [-0.39, 0.29) is 6.03 Å². The third-order valence-electron chi connectivity index (χ3n) is 4.73. The lowest BCUT2D eigenvalue weighted by molar-refractivity contribution is 0.113. The van der Waals surface area contributed by atoms with Gasteiger partial charge >= 0.3 is 6.03 Å². The predicted molar refractivity (Wildman–Crippen MR) is 97.0 cm³/mol. The zero-order valence-corrected chi connectivity index (χ0v) is 14.9. The molecule has 0 unspecified atom stereocenters. The minimum atomic E-state index is -0.00532. The van der Waals surface area contributed by atoms with E-state index in [0.717, 1.165) is 37.4 Å². The number of hydrogen-bond acceptors (Lipinski definition) is 4. The van der Waals surface area contributed by atoms with Crippen molar-refractivity contribution in [1.82, 2.24) is 25.1 Å². The van der Waals surface area contributed by atoms with Crippen molar-refractivity contribution in [1.29, 1.82) is 0 Å². The van der Waals surface area contributed by atoms with Crippen LogP contribution in [-0.2, 0) is 6.54 Å². The molecule has 0 saturated carbocycles. The van der Waals surface area contributed by atoms with Crippen LogP contribution < -0.4 is 5.32 Å². The Kier molecular flexibility index (Phi) is 5.60. The molecule has 132 valence electrons. The number of pyridine rings is 2. The quantitative estimate of drug-likeness (QED) is 0.929. The summed E-state index contributed by atoms with van der Waals surface area (Å²) in [6.07, 6.45) is 5.52. The maximum atomic E-state index is 12.4. The number of urea groups is 1. The first kappa shape index (κ1) is 17.4. The molecule has 0 radical (unpaired) electrons. The van der Waals surface area contributed by atoms with Crippen LogP contribution in [-0.4, -0.2) is 52.0 Å². The van der Waals surface area contributed by atoms with Crippen molar-refractivity contribution < 1.29 is 4.79 Å². The summed E-state index contributed by atoms with van der Waals surface area (Å²) in [6, 6.07) is 8.34. The van der Waals surface area contributed by atoms with Crippen LogP contribution in [0.4, 0.5) is 4.79 Å². The Morgan fingerprint density at radius 2 is 2.00 bits per heavy atom. The van der Waals surface area contributed by atoms with Gasteiger partial charge in [0.05, 0.1) is 0 Å². The maximum absolute atomic E-state index is 12.4. The molecule has 3 rings (SSSR count). The fraction of sp³-hybridized carbons (Fsp3) is 0.421. The number of hydrogen-bond donors (Lipinski definition) is 1. The van der Waals surface area contributed by atoms with Crippen molar-refractivity contribution in [2.75, 3.05) is 26.2 Å². The Bertz CT molecular complexity index is 681. The lowest BCUT2D eigenvalue weighted by Gasteiger charge is -2.38. The molecule has 1 aliphatic heterocycles. The van der Waals surface area contributed by atoms with E-state index in [9.17, 15) is 4.79 Å². The monoisotopic (exact) mass is 339 g/mol. The number of nitrogens with one attached hydrogen (secondary N) is 1. The van der Waals surface area contributed by atoms with Gasteiger partial charge in [-0.1, -0.05) is 12.1 Å². The zero-order chi connectivity index (χ0) is 17.6. The standard InChI is InChI=1S/C19H25N5O/c1-15-5-6-17(12-21-15)13-22-19(25)24-10-8-23(9-11-24)16(2)18-4-3-7-20-14-18/h3-7,12,14,16H,8-11,13H2,1-2H3,(H,22,25)/t16-/m0/s1. The number of aryl methyl sites for hydroxylation is 1. The zero-order valence-electron chi connectivity index (χ0n) is 14.9. The van der Waals surface area contributed by atoms with Gasteiger partial charge in [0.1, 0.15) is 0 Å². The van der Waals surface area contributed by atoms with E-state index < -0.39 is 0 Å². The Balaban J connectivity index is 1.46. The molecule has 25 heavy (non-hydrogen) atoms. The highest BCUT2D eigenvalue weighted by molar-refractivity contribution is 5.74. The van der Waals surface area contributed by atoms with Crippen molar-refractivity contribution in [2.24, 2.45) is 0 Å². The molecular weight excluding hydrogens is 314 g/mol. The average molecular weight is 339 g/mol. The second-order valence-electron chi connectivity index (χ2n) is 6.45. The van der Waals surface area contributed by atoms with Crippen LogP contribution >= 0.6 is 0 Å². The molecule has 0 aromatic carbocycles. The highest BCUT2D eigenvalue weighted by Crippen LogP contribution is 2.20. The van der Waals surface area contributed by atoms with Crippen LogP contribution in [0.15, 0.2) is 42.9 Å². The van der Waals surface area contributed by atoms with E-state index in [1.165, 1.54) is 5.56 Å². The largest absolute Gasteiger partial charge is 0.334 e. The third-order valence-corrected chi connectivity index (χ3v) is 4.73. The molecular formula is C19H25N5O. The molecule has 0 spiro atoms. The van der Waals surface area contributed by atoms with Crippen molar-refractivity contribution in [3.8, 4) is 0 Å². The molecule has 2 aromatic rings. The van der Waals surface area contributed by atoms with E-state index in [1.54, 1.807) is 6.20 Å². The lowest BCUT2D eigenvalue weighted by atomic mass is 10.1. The number of piperazine rings is 1. The Labute approximate surface area is 148 Å². The normalized spacial score (nSPS) is 16.5. The molecule has 1 saturated heterocycles.